The first-order valence-corrected chi connectivity index (χ1v) is 8.51. The minimum atomic E-state index is 0.125. The van der Waals surface area contributed by atoms with Gasteiger partial charge in [0.2, 0.25) is 0 Å². The van der Waals surface area contributed by atoms with Crippen molar-refractivity contribution < 1.29 is 0 Å². The maximum atomic E-state index is 5.93. The molecule has 0 fully saturated rings. The second-order valence-electron chi connectivity index (χ2n) is 6.40. The van der Waals surface area contributed by atoms with Gasteiger partial charge in [0.25, 0.3) is 0 Å². The summed E-state index contributed by atoms with van der Waals surface area (Å²) in [5.74, 6) is 0. The fourth-order valence-electron chi connectivity index (χ4n) is 2.14. The number of aromatic nitrogens is 1. The van der Waals surface area contributed by atoms with Gasteiger partial charge in [0.15, 0.2) is 0 Å². The number of nitrogens with one attached hydrogen (secondary N) is 1. The molecular weight excluding hydrogens is 300 g/mol. The van der Waals surface area contributed by atoms with Gasteiger partial charge in [0, 0.05) is 28.3 Å². The lowest BCUT2D eigenvalue weighted by Gasteiger charge is -2.16. The van der Waals surface area contributed by atoms with E-state index in [1.807, 2.05) is 19.2 Å². The highest BCUT2D eigenvalue weighted by Crippen LogP contribution is 2.24. The van der Waals surface area contributed by atoms with E-state index in [1.54, 1.807) is 11.3 Å². The van der Waals surface area contributed by atoms with E-state index >= 15 is 0 Å². The summed E-state index contributed by atoms with van der Waals surface area (Å²) in [4.78, 5) is 4.78. The van der Waals surface area contributed by atoms with Gasteiger partial charge >= 0.3 is 0 Å². The average Bonchev–Trinajstić information content (AvgIpc) is 2.89. The molecule has 0 bridgehead atoms. The first-order chi connectivity index (χ1) is 9.88. The molecular formula is C17H23ClN2S. The predicted molar refractivity (Wildman–Crippen MR) is 92.5 cm³/mol. The quantitative estimate of drug-likeness (QED) is 0.878. The van der Waals surface area contributed by atoms with Gasteiger partial charge in [-0.15, -0.1) is 11.3 Å². The molecule has 0 aliphatic heterocycles. The molecule has 1 heterocycles. The Kier molecular flexibility index (Phi) is 5.42. The molecule has 0 aliphatic rings. The monoisotopic (exact) mass is 322 g/mol. The molecule has 1 atom stereocenters. The Morgan fingerprint density at radius 1 is 1.19 bits per heavy atom. The molecule has 1 aromatic heterocycles. The average molecular weight is 323 g/mol. The van der Waals surface area contributed by atoms with Crippen molar-refractivity contribution >= 4 is 22.9 Å². The molecule has 2 nitrogen and oxygen atoms in total. The number of thiazole rings is 1. The second-order valence-corrected chi connectivity index (χ2v) is 7.78. The third-order valence-corrected chi connectivity index (χ3v) is 4.67. The first kappa shape index (κ1) is 16.5. The van der Waals surface area contributed by atoms with Crippen LogP contribution in [0, 0.1) is 0 Å². The lowest BCUT2D eigenvalue weighted by molar-refractivity contribution is 0.544. The van der Waals surface area contributed by atoms with E-state index in [0.717, 1.165) is 17.9 Å². The lowest BCUT2D eigenvalue weighted by Crippen LogP contribution is -2.30. The topological polar surface area (TPSA) is 24.9 Å². The Hall–Kier alpha value is -0.900. The zero-order chi connectivity index (χ0) is 15.5. The van der Waals surface area contributed by atoms with Gasteiger partial charge in [-0.05, 0) is 31.2 Å². The number of benzene rings is 1. The van der Waals surface area contributed by atoms with Gasteiger partial charge < -0.3 is 5.32 Å². The van der Waals surface area contributed by atoms with Gasteiger partial charge in [-0.25, -0.2) is 4.98 Å². The maximum Gasteiger partial charge on any atom is 0.0944 e. The van der Waals surface area contributed by atoms with Crippen LogP contribution in [0.2, 0.25) is 5.02 Å². The molecule has 0 saturated carbocycles. The van der Waals surface area contributed by atoms with Crippen LogP contribution in [0.25, 0.3) is 0 Å². The number of halogens is 1. The predicted octanol–water partition coefficient (Wildman–Crippen LogP) is 4.47. The summed E-state index contributed by atoms with van der Waals surface area (Å²) in [6.45, 7) is 6.61. The normalized spacial score (nSPS) is 13.4. The van der Waals surface area contributed by atoms with E-state index in [2.05, 4.69) is 43.6 Å². The van der Waals surface area contributed by atoms with Crippen molar-refractivity contribution in [3.63, 3.8) is 0 Å². The van der Waals surface area contributed by atoms with Crippen LogP contribution in [-0.2, 0) is 18.3 Å². The smallest absolute Gasteiger partial charge is 0.0944 e. The van der Waals surface area contributed by atoms with Crippen molar-refractivity contribution in [3.8, 4) is 0 Å². The summed E-state index contributed by atoms with van der Waals surface area (Å²) >= 11 is 7.69. The van der Waals surface area contributed by atoms with Gasteiger partial charge in [0.05, 0.1) is 10.7 Å². The van der Waals surface area contributed by atoms with Crippen molar-refractivity contribution in [1.29, 1.82) is 0 Å². The molecule has 0 saturated heterocycles. The Balaban J connectivity index is 2.02. The van der Waals surface area contributed by atoms with Crippen LogP contribution in [0.5, 0.6) is 0 Å². The lowest BCUT2D eigenvalue weighted by atomic mass is 9.93. The Morgan fingerprint density at radius 2 is 1.86 bits per heavy atom. The van der Waals surface area contributed by atoms with Crippen molar-refractivity contribution in [3.05, 3.63) is 50.9 Å². The SMILES string of the molecule is CNC(Cc1ccc(Cl)cc1)Cc1nc(C(C)(C)C)cs1. The minimum absolute atomic E-state index is 0.125. The van der Waals surface area contributed by atoms with E-state index in [-0.39, 0.29) is 5.41 Å². The van der Waals surface area contributed by atoms with E-state index in [4.69, 9.17) is 16.6 Å². The summed E-state index contributed by atoms with van der Waals surface area (Å²) in [6, 6.07) is 8.48. The molecule has 1 unspecified atom stereocenters. The molecule has 1 aromatic carbocycles. The highest BCUT2D eigenvalue weighted by Gasteiger charge is 2.18. The molecule has 1 N–H and O–H groups in total. The fraction of sp³-hybridized carbons (Fsp3) is 0.471. The van der Waals surface area contributed by atoms with Crippen LogP contribution in [0.1, 0.15) is 37.0 Å². The van der Waals surface area contributed by atoms with Crippen LogP contribution in [0.3, 0.4) is 0 Å². The standard InChI is InChI=1S/C17H23ClN2S/c1-17(2,3)15-11-21-16(20-15)10-14(19-4)9-12-5-7-13(18)8-6-12/h5-8,11,14,19H,9-10H2,1-4H3. The van der Waals surface area contributed by atoms with Crippen molar-refractivity contribution in [2.24, 2.45) is 0 Å². The zero-order valence-electron chi connectivity index (χ0n) is 13.1. The Labute approximate surface area is 136 Å². The number of hydrogen-bond donors (Lipinski definition) is 1. The minimum Gasteiger partial charge on any atom is -0.316 e. The highest BCUT2D eigenvalue weighted by molar-refractivity contribution is 7.09. The molecule has 0 amide bonds. The van der Waals surface area contributed by atoms with E-state index < -0.39 is 0 Å². The van der Waals surface area contributed by atoms with Gasteiger partial charge in [-0.1, -0.05) is 44.5 Å². The van der Waals surface area contributed by atoms with Crippen molar-refractivity contribution in [2.45, 2.75) is 45.1 Å². The number of likely N-dealkylation sites (N-methyl/N-ethyl adjacent to an activating group) is 1. The van der Waals surface area contributed by atoms with E-state index in [0.29, 0.717) is 6.04 Å². The summed E-state index contributed by atoms with van der Waals surface area (Å²) in [5, 5.41) is 7.57. The van der Waals surface area contributed by atoms with Gasteiger partial charge in [0.1, 0.15) is 0 Å². The number of nitrogens with zero attached hydrogens (tertiary/aromatic N) is 1. The van der Waals surface area contributed by atoms with Crippen LogP contribution in [0.15, 0.2) is 29.6 Å². The van der Waals surface area contributed by atoms with Crippen LogP contribution >= 0.6 is 22.9 Å². The molecule has 2 rings (SSSR count). The molecule has 114 valence electrons. The third kappa shape index (κ3) is 4.80. The van der Waals surface area contributed by atoms with Crippen molar-refractivity contribution in [2.75, 3.05) is 7.05 Å². The molecule has 2 aromatic rings. The third-order valence-electron chi connectivity index (χ3n) is 3.54. The van der Waals surface area contributed by atoms with Gasteiger partial charge in [-0.3, -0.25) is 0 Å². The summed E-state index contributed by atoms with van der Waals surface area (Å²) in [7, 11) is 2.01. The zero-order valence-corrected chi connectivity index (χ0v) is 14.7. The number of hydrogen-bond acceptors (Lipinski definition) is 3. The molecule has 0 aliphatic carbocycles. The Bertz CT molecular complexity index is 569. The summed E-state index contributed by atoms with van der Waals surface area (Å²) in [6.07, 6.45) is 1.94. The van der Waals surface area contributed by atoms with E-state index in [1.165, 1.54) is 16.3 Å². The highest BCUT2D eigenvalue weighted by atomic mass is 35.5. The van der Waals surface area contributed by atoms with Crippen molar-refractivity contribution in [1.82, 2.24) is 10.3 Å². The van der Waals surface area contributed by atoms with E-state index in [9.17, 15) is 0 Å². The van der Waals surface area contributed by atoms with Gasteiger partial charge in [-0.2, -0.15) is 0 Å². The Morgan fingerprint density at radius 3 is 2.38 bits per heavy atom. The largest absolute Gasteiger partial charge is 0.316 e. The van der Waals surface area contributed by atoms with Crippen LogP contribution in [0.4, 0.5) is 0 Å². The molecule has 21 heavy (non-hydrogen) atoms. The molecule has 4 heteroatoms. The summed E-state index contributed by atoms with van der Waals surface area (Å²) < 4.78 is 0. The number of rotatable bonds is 5. The summed E-state index contributed by atoms with van der Waals surface area (Å²) in [5.41, 5.74) is 2.61. The van der Waals surface area contributed by atoms with Crippen LogP contribution in [-0.4, -0.2) is 18.1 Å². The second kappa shape index (κ2) is 6.91. The first-order valence-electron chi connectivity index (χ1n) is 7.25. The molecule has 0 spiro atoms. The fourth-order valence-corrected chi connectivity index (χ4v) is 3.37. The molecule has 0 radical (unpaired) electrons. The van der Waals surface area contributed by atoms with Crippen LogP contribution < -0.4 is 5.32 Å². The maximum absolute atomic E-state index is 5.93.